The van der Waals surface area contributed by atoms with Crippen molar-refractivity contribution < 1.29 is 0 Å². The van der Waals surface area contributed by atoms with E-state index < -0.39 is 0 Å². The van der Waals surface area contributed by atoms with Gasteiger partial charge in [0.2, 0.25) is 0 Å². The number of anilines is 1. The Morgan fingerprint density at radius 3 is 2.83 bits per heavy atom. The first kappa shape index (κ1) is 11.1. The van der Waals surface area contributed by atoms with Gasteiger partial charge >= 0.3 is 0 Å². The highest BCUT2D eigenvalue weighted by molar-refractivity contribution is 6.08. The second-order valence-corrected chi connectivity index (χ2v) is 4.84. The Balaban J connectivity index is 2.42. The molecule has 3 rings (SSSR count). The Kier molecular flexibility index (Phi) is 2.47. The number of nitrogens with one attached hydrogen (secondary N) is 1. The Labute approximate surface area is 106 Å². The van der Waals surface area contributed by atoms with Crippen LogP contribution in [-0.2, 0) is 6.42 Å². The highest BCUT2D eigenvalue weighted by Crippen LogP contribution is 2.29. The molecular weight excluding hydrogens is 222 g/mol. The maximum atomic E-state index is 5.92. The van der Waals surface area contributed by atoms with Gasteiger partial charge in [0, 0.05) is 16.3 Å². The molecule has 2 aromatic heterocycles. The van der Waals surface area contributed by atoms with Crippen LogP contribution in [0.5, 0.6) is 0 Å². The number of aryl methyl sites for hydroxylation is 2. The summed E-state index contributed by atoms with van der Waals surface area (Å²) < 4.78 is 0. The lowest BCUT2D eigenvalue weighted by molar-refractivity contribution is 0.893. The summed E-state index contributed by atoms with van der Waals surface area (Å²) in [5.74, 6) is 0.605. The van der Waals surface area contributed by atoms with E-state index in [0.29, 0.717) is 5.82 Å². The molecule has 18 heavy (non-hydrogen) atoms. The number of nitrogen functional groups attached to an aromatic ring is 1. The lowest BCUT2D eigenvalue weighted by atomic mass is 10.1. The molecule has 0 spiro atoms. The van der Waals surface area contributed by atoms with Crippen LogP contribution in [0.25, 0.3) is 21.8 Å². The van der Waals surface area contributed by atoms with Gasteiger partial charge in [-0.25, -0.2) is 4.98 Å². The van der Waals surface area contributed by atoms with E-state index >= 15 is 0 Å². The molecule has 0 saturated carbocycles. The standard InChI is InChI=1S/C15H17N3/c1-3-4-13-15-11(8-14(16)17-13)10-7-9(2)5-6-12(10)18-15/h5-8,18H,3-4H2,1-2H3,(H2,16,17). The Hall–Kier alpha value is -2.03. The Bertz CT molecular complexity index is 725. The fourth-order valence-electron chi connectivity index (χ4n) is 2.51. The van der Waals surface area contributed by atoms with E-state index in [1.54, 1.807) is 0 Å². The molecule has 3 aromatic rings. The van der Waals surface area contributed by atoms with Crippen LogP contribution in [0, 0.1) is 6.92 Å². The van der Waals surface area contributed by atoms with E-state index in [1.807, 2.05) is 6.07 Å². The number of nitrogens with two attached hydrogens (primary N) is 1. The maximum absolute atomic E-state index is 5.92. The zero-order valence-electron chi connectivity index (χ0n) is 10.7. The summed E-state index contributed by atoms with van der Waals surface area (Å²) in [6, 6.07) is 8.40. The van der Waals surface area contributed by atoms with Crippen molar-refractivity contribution in [2.75, 3.05) is 5.73 Å². The zero-order chi connectivity index (χ0) is 12.7. The summed E-state index contributed by atoms with van der Waals surface area (Å²) in [4.78, 5) is 7.92. The van der Waals surface area contributed by atoms with E-state index in [0.717, 1.165) is 29.6 Å². The minimum atomic E-state index is 0.605. The normalized spacial score (nSPS) is 11.4. The molecule has 2 heterocycles. The molecule has 0 aliphatic heterocycles. The van der Waals surface area contributed by atoms with Crippen molar-refractivity contribution in [1.82, 2.24) is 9.97 Å². The number of nitrogens with zero attached hydrogens (tertiary/aromatic N) is 1. The third kappa shape index (κ3) is 1.63. The SMILES string of the molecule is CCCc1nc(N)cc2c1[nH]c1ccc(C)cc12. The number of aromatic amines is 1. The van der Waals surface area contributed by atoms with Crippen LogP contribution in [0.15, 0.2) is 24.3 Å². The average Bonchev–Trinajstić information content (AvgIpc) is 2.68. The van der Waals surface area contributed by atoms with Crippen LogP contribution in [0.3, 0.4) is 0 Å². The lowest BCUT2D eigenvalue weighted by Gasteiger charge is -2.02. The molecule has 0 aliphatic carbocycles. The molecule has 0 amide bonds. The van der Waals surface area contributed by atoms with E-state index in [1.165, 1.54) is 16.3 Å². The molecule has 3 nitrogen and oxygen atoms in total. The van der Waals surface area contributed by atoms with Crippen LogP contribution in [-0.4, -0.2) is 9.97 Å². The molecule has 0 aliphatic rings. The quantitative estimate of drug-likeness (QED) is 0.718. The topological polar surface area (TPSA) is 54.7 Å². The zero-order valence-corrected chi connectivity index (χ0v) is 10.7. The van der Waals surface area contributed by atoms with Crippen molar-refractivity contribution in [3.63, 3.8) is 0 Å². The first-order valence-electron chi connectivity index (χ1n) is 6.36. The number of hydrogen-bond donors (Lipinski definition) is 2. The molecule has 92 valence electrons. The molecule has 0 unspecified atom stereocenters. The van der Waals surface area contributed by atoms with E-state index in [4.69, 9.17) is 5.73 Å². The third-order valence-corrected chi connectivity index (χ3v) is 3.33. The summed E-state index contributed by atoms with van der Waals surface area (Å²) in [5.41, 5.74) is 10.5. The highest BCUT2D eigenvalue weighted by atomic mass is 14.9. The number of aromatic nitrogens is 2. The number of rotatable bonds is 2. The average molecular weight is 239 g/mol. The first-order chi connectivity index (χ1) is 8.69. The summed E-state index contributed by atoms with van der Waals surface area (Å²) in [6.07, 6.45) is 2.02. The molecule has 1 aromatic carbocycles. The summed E-state index contributed by atoms with van der Waals surface area (Å²) in [5, 5.41) is 2.42. The Morgan fingerprint density at radius 2 is 2.06 bits per heavy atom. The van der Waals surface area contributed by atoms with E-state index in [9.17, 15) is 0 Å². The molecule has 3 N–H and O–H groups in total. The van der Waals surface area contributed by atoms with Crippen LogP contribution < -0.4 is 5.73 Å². The molecule has 0 radical (unpaired) electrons. The highest BCUT2D eigenvalue weighted by Gasteiger charge is 2.10. The number of H-pyrrole nitrogens is 1. The maximum Gasteiger partial charge on any atom is 0.124 e. The lowest BCUT2D eigenvalue weighted by Crippen LogP contribution is -1.96. The molecule has 0 fully saturated rings. The number of pyridine rings is 1. The summed E-state index contributed by atoms with van der Waals surface area (Å²) >= 11 is 0. The number of hydrogen-bond acceptors (Lipinski definition) is 2. The van der Waals surface area contributed by atoms with Gasteiger partial charge < -0.3 is 10.7 Å². The molecule has 0 bridgehead atoms. The minimum Gasteiger partial charge on any atom is -0.384 e. The minimum absolute atomic E-state index is 0.605. The Morgan fingerprint density at radius 1 is 1.22 bits per heavy atom. The van der Waals surface area contributed by atoms with Gasteiger partial charge in [0.05, 0.1) is 11.2 Å². The fourth-order valence-corrected chi connectivity index (χ4v) is 2.51. The van der Waals surface area contributed by atoms with Gasteiger partial charge in [-0.1, -0.05) is 25.0 Å². The second kappa shape index (κ2) is 4.02. The predicted octanol–water partition coefficient (Wildman–Crippen LogP) is 3.56. The smallest absolute Gasteiger partial charge is 0.124 e. The molecule has 0 saturated heterocycles. The second-order valence-electron chi connectivity index (χ2n) is 4.84. The van der Waals surface area contributed by atoms with Gasteiger partial charge in [-0.3, -0.25) is 0 Å². The van der Waals surface area contributed by atoms with Crippen LogP contribution >= 0.6 is 0 Å². The molecular formula is C15H17N3. The monoisotopic (exact) mass is 239 g/mol. The number of fused-ring (bicyclic) bond motifs is 3. The van der Waals surface area contributed by atoms with Crippen molar-refractivity contribution in [1.29, 1.82) is 0 Å². The van der Waals surface area contributed by atoms with Crippen LogP contribution in [0.1, 0.15) is 24.6 Å². The van der Waals surface area contributed by atoms with Gasteiger partial charge in [-0.2, -0.15) is 0 Å². The number of benzene rings is 1. The van der Waals surface area contributed by atoms with E-state index in [2.05, 4.69) is 42.0 Å². The largest absolute Gasteiger partial charge is 0.384 e. The van der Waals surface area contributed by atoms with Gasteiger partial charge in [-0.05, 0) is 31.5 Å². The van der Waals surface area contributed by atoms with Crippen molar-refractivity contribution in [2.24, 2.45) is 0 Å². The fraction of sp³-hybridized carbons (Fsp3) is 0.267. The third-order valence-electron chi connectivity index (χ3n) is 3.33. The summed E-state index contributed by atoms with van der Waals surface area (Å²) in [7, 11) is 0. The van der Waals surface area contributed by atoms with Crippen LogP contribution in [0.4, 0.5) is 5.82 Å². The summed E-state index contributed by atoms with van der Waals surface area (Å²) in [6.45, 7) is 4.26. The van der Waals surface area contributed by atoms with Crippen molar-refractivity contribution in [3.05, 3.63) is 35.5 Å². The van der Waals surface area contributed by atoms with Gasteiger partial charge in [-0.15, -0.1) is 0 Å². The first-order valence-corrected chi connectivity index (χ1v) is 6.36. The van der Waals surface area contributed by atoms with Crippen molar-refractivity contribution in [2.45, 2.75) is 26.7 Å². The molecule has 0 atom stereocenters. The van der Waals surface area contributed by atoms with Gasteiger partial charge in [0.15, 0.2) is 0 Å². The van der Waals surface area contributed by atoms with Crippen molar-refractivity contribution in [3.8, 4) is 0 Å². The van der Waals surface area contributed by atoms with Gasteiger partial charge in [0.1, 0.15) is 5.82 Å². The van der Waals surface area contributed by atoms with Gasteiger partial charge in [0.25, 0.3) is 0 Å². The van der Waals surface area contributed by atoms with E-state index in [-0.39, 0.29) is 0 Å². The van der Waals surface area contributed by atoms with Crippen molar-refractivity contribution >= 4 is 27.6 Å². The van der Waals surface area contributed by atoms with Crippen LogP contribution in [0.2, 0.25) is 0 Å². The predicted molar refractivity (Wildman–Crippen MR) is 76.7 cm³/mol. The molecule has 3 heteroatoms.